The molecule has 1 N–H and O–H groups in total. The van der Waals surface area contributed by atoms with Crippen LogP contribution in [0.5, 0.6) is 11.6 Å². The van der Waals surface area contributed by atoms with Gasteiger partial charge in [-0.3, -0.25) is 0 Å². The standard InChI is InChI=1S/C13H23N3O2/c1-4-6-7-8-9-18-13-11(17-3)12(14-5-2)15-10-16-13/h10H,4-9H2,1-3H3,(H,14,15,16). The Morgan fingerprint density at radius 3 is 2.67 bits per heavy atom. The maximum atomic E-state index is 5.65. The maximum Gasteiger partial charge on any atom is 0.262 e. The Hall–Kier alpha value is -1.52. The van der Waals surface area contributed by atoms with E-state index in [0.29, 0.717) is 24.1 Å². The van der Waals surface area contributed by atoms with Crippen LogP contribution in [0.2, 0.25) is 0 Å². The molecule has 0 saturated heterocycles. The van der Waals surface area contributed by atoms with E-state index in [-0.39, 0.29) is 0 Å². The lowest BCUT2D eigenvalue weighted by molar-refractivity contribution is 0.273. The monoisotopic (exact) mass is 253 g/mol. The van der Waals surface area contributed by atoms with Gasteiger partial charge in [-0.15, -0.1) is 0 Å². The molecule has 5 heteroatoms. The quantitative estimate of drug-likeness (QED) is 0.686. The average Bonchev–Trinajstić information content (AvgIpc) is 2.39. The molecule has 0 atom stereocenters. The molecule has 5 nitrogen and oxygen atoms in total. The minimum atomic E-state index is 0.514. The van der Waals surface area contributed by atoms with E-state index in [1.54, 1.807) is 7.11 Å². The van der Waals surface area contributed by atoms with Crippen LogP contribution in [-0.4, -0.2) is 30.2 Å². The minimum absolute atomic E-state index is 0.514. The Labute approximate surface area is 109 Å². The number of methoxy groups -OCH3 is 1. The Balaban J connectivity index is 2.55. The second kappa shape index (κ2) is 8.55. The number of rotatable bonds is 9. The molecule has 1 heterocycles. The summed E-state index contributed by atoms with van der Waals surface area (Å²) in [5.74, 6) is 1.77. The first-order chi connectivity index (χ1) is 8.83. The van der Waals surface area contributed by atoms with Crippen LogP contribution in [0, 0.1) is 0 Å². The van der Waals surface area contributed by atoms with Gasteiger partial charge in [0.2, 0.25) is 5.75 Å². The van der Waals surface area contributed by atoms with E-state index in [1.165, 1.54) is 25.6 Å². The van der Waals surface area contributed by atoms with Gasteiger partial charge in [0.1, 0.15) is 6.33 Å². The van der Waals surface area contributed by atoms with E-state index < -0.39 is 0 Å². The van der Waals surface area contributed by atoms with Crippen molar-refractivity contribution < 1.29 is 9.47 Å². The summed E-state index contributed by atoms with van der Waals surface area (Å²) in [5.41, 5.74) is 0. The molecule has 102 valence electrons. The summed E-state index contributed by atoms with van der Waals surface area (Å²) in [6.45, 7) is 5.64. The van der Waals surface area contributed by atoms with Crippen molar-refractivity contribution in [1.29, 1.82) is 0 Å². The predicted molar refractivity (Wildman–Crippen MR) is 72.4 cm³/mol. The molecule has 0 aliphatic heterocycles. The summed E-state index contributed by atoms with van der Waals surface area (Å²) in [6, 6.07) is 0. The minimum Gasteiger partial charge on any atom is -0.489 e. The molecule has 0 aromatic carbocycles. The van der Waals surface area contributed by atoms with Gasteiger partial charge >= 0.3 is 0 Å². The molecule has 18 heavy (non-hydrogen) atoms. The van der Waals surface area contributed by atoms with Crippen molar-refractivity contribution in [3.8, 4) is 11.6 Å². The van der Waals surface area contributed by atoms with Crippen LogP contribution in [0.3, 0.4) is 0 Å². The zero-order valence-corrected chi connectivity index (χ0v) is 11.5. The third-order valence-corrected chi connectivity index (χ3v) is 2.56. The molecule has 0 amide bonds. The highest BCUT2D eigenvalue weighted by Crippen LogP contribution is 2.30. The average molecular weight is 253 g/mol. The summed E-state index contributed by atoms with van der Waals surface area (Å²) in [4.78, 5) is 8.24. The lowest BCUT2D eigenvalue weighted by Crippen LogP contribution is -2.06. The lowest BCUT2D eigenvalue weighted by Gasteiger charge is -2.12. The molecule has 1 rings (SSSR count). The highest BCUT2D eigenvalue weighted by Gasteiger charge is 2.12. The van der Waals surface area contributed by atoms with Gasteiger partial charge in [0.25, 0.3) is 5.88 Å². The number of unbranched alkanes of at least 4 members (excludes halogenated alkanes) is 3. The number of nitrogens with one attached hydrogen (secondary N) is 1. The second-order valence-corrected chi connectivity index (χ2v) is 4.00. The molecule has 0 bridgehead atoms. The largest absolute Gasteiger partial charge is 0.489 e. The number of aromatic nitrogens is 2. The second-order valence-electron chi connectivity index (χ2n) is 4.00. The zero-order chi connectivity index (χ0) is 13.2. The van der Waals surface area contributed by atoms with Crippen LogP contribution in [0.4, 0.5) is 5.82 Å². The summed E-state index contributed by atoms with van der Waals surface area (Å²) < 4.78 is 10.9. The van der Waals surface area contributed by atoms with Crippen LogP contribution in [0.1, 0.15) is 39.5 Å². The van der Waals surface area contributed by atoms with Crippen LogP contribution >= 0.6 is 0 Å². The maximum absolute atomic E-state index is 5.65. The predicted octanol–water partition coefficient (Wildman–Crippen LogP) is 2.88. The van der Waals surface area contributed by atoms with Crippen molar-refractivity contribution in [2.75, 3.05) is 25.6 Å². The number of anilines is 1. The van der Waals surface area contributed by atoms with Crippen LogP contribution in [-0.2, 0) is 0 Å². The van der Waals surface area contributed by atoms with Crippen LogP contribution in [0.25, 0.3) is 0 Å². The van der Waals surface area contributed by atoms with E-state index >= 15 is 0 Å². The smallest absolute Gasteiger partial charge is 0.262 e. The van der Waals surface area contributed by atoms with E-state index in [9.17, 15) is 0 Å². The summed E-state index contributed by atoms with van der Waals surface area (Å²) in [5, 5.41) is 3.12. The number of hydrogen-bond acceptors (Lipinski definition) is 5. The fourth-order valence-electron chi connectivity index (χ4n) is 1.64. The Morgan fingerprint density at radius 1 is 1.17 bits per heavy atom. The molecule has 1 aromatic heterocycles. The highest BCUT2D eigenvalue weighted by molar-refractivity contribution is 5.54. The van der Waals surface area contributed by atoms with E-state index in [4.69, 9.17) is 9.47 Å². The first kappa shape index (κ1) is 14.5. The van der Waals surface area contributed by atoms with Gasteiger partial charge in [-0.1, -0.05) is 26.2 Å². The molecular weight excluding hydrogens is 230 g/mol. The Bertz CT molecular complexity index is 345. The lowest BCUT2D eigenvalue weighted by atomic mass is 10.2. The molecule has 0 unspecified atom stereocenters. The van der Waals surface area contributed by atoms with Gasteiger partial charge in [0.05, 0.1) is 13.7 Å². The SMILES string of the molecule is CCCCCCOc1ncnc(NCC)c1OC. The first-order valence-corrected chi connectivity index (χ1v) is 6.59. The number of ether oxygens (including phenoxy) is 2. The van der Waals surface area contributed by atoms with E-state index in [2.05, 4.69) is 22.2 Å². The molecule has 1 aromatic rings. The van der Waals surface area contributed by atoms with Crippen molar-refractivity contribution in [3.05, 3.63) is 6.33 Å². The van der Waals surface area contributed by atoms with Crippen molar-refractivity contribution in [3.63, 3.8) is 0 Å². The topological polar surface area (TPSA) is 56.3 Å². The number of nitrogens with zero attached hydrogens (tertiary/aromatic N) is 2. The molecular formula is C13H23N3O2. The van der Waals surface area contributed by atoms with Crippen molar-refractivity contribution in [2.24, 2.45) is 0 Å². The fraction of sp³-hybridized carbons (Fsp3) is 0.692. The molecule has 0 fully saturated rings. The van der Waals surface area contributed by atoms with Gasteiger partial charge in [-0.2, -0.15) is 4.98 Å². The summed E-state index contributed by atoms with van der Waals surface area (Å²) in [6.07, 6.45) is 6.18. The molecule has 0 aliphatic rings. The number of hydrogen-bond donors (Lipinski definition) is 1. The zero-order valence-electron chi connectivity index (χ0n) is 11.5. The van der Waals surface area contributed by atoms with Crippen molar-refractivity contribution in [1.82, 2.24) is 9.97 Å². The van der Waals surface area contributed by atoms with Gasteiger partial charge in [-0.25, -0.2) is 4.98 Å². The van der Waals surface area contributed by atoms with Crippen LogP contribution < -0.4 is 14.8 Å². The molecule has 0 spiro atoms. The Kier molecular flexibility index (Phi) is 6.91. The van der Waals surface area contributed by atoms with Crippen LogP contribution in [0.15, 0.2) is 6.33 Å². The molecule has 0 saturated carbocycles. The third kappa shape index (κ3) is 4.39. The molecule has 0 radical (unpaired) electrons. The van der Waals surface area contributed by atoms with E-state index in [1.807, 2.05) is 6.92 Å². The third-order valence-electron chi connectivity index (χ3n) is 2.56. The summed E-state index contributed by atoms with van der Waals surface area (Å²) >= 11 is 0. The van der Waals surface area contributed by atoms with Crippen molar-refractivity contribution >= 4 is 5.82 Å². The van der Waals surface area contributed by atoms with E-state index in [0.717, 1.165) is 13.0 Å². The van der Waals surface area contributed by atoms with Gasteiger partial charge in [0, 0.05) is 6.54 Å². The Morgan fingerprint density at radius 2 is 2.00 bits per heavy atom. The molecule has 0 aliphatic carbocycles. The first-order valence-electron chi connectivity index (χ1n) is 6.59. The van der Waals surface area contributed by atoms with Gasteiger partial charge < -0.3 is 14.8 Å². The van der Waals surface area contributed by atoms with Crippen molar-refractivity contribution in [2.45, 2.75) is 39.5 Å². The normalized spacial score (nSPS) is 10.2. The summed E-state index contributed by atoms with van der Waals surface area (Å²) in [7, 11) is 1.60. The van der Waals surface area contributed by atoms with Gasteiger partial charge in [0.15, 0.2) is 5.82 Å². The highest BCUT2D eigenvalue weighted by atomic mass is 16.5. The van der Waals surface area contributed by atoms with Gasteiger partial charge in [-0.05, 0) is 13.3 Å². The fourth-order valence-corrected chi connectivity index (χ4v) is 1.64.